The third kappa shape index (κ3) is 4.78. The quantitative estimate of drug-likeness (QED) is 0.462. The average Bonchev–Trinajstić information content (AvgIpc) is 3.32. The molecule has 1 fully saturated rings. The monoisotopic (exact) mass is 340 g/mol. The van der Waals surface area contributed by atoms with E-state index in [0.717, 1.165) is 31.6 Å². The van der Waals surface area contributed by atoms with E-state index in [1.54, 1.807) is 11.6 Å². The topological polar surface area (TPSA) is 70.4 Å². The lowest BCUT2D eigenvalue weighted by Crippen LogP contribution is -2.25. The van der Waals surface area contributed by atoms with Crippen molar-refractivity contribution < 1.29 is 10.0 Å². The van der Waals surface area contributed by atoms with E-state index >= 15 is 0 Å². The molecule has 0 unspecified atom stereocenters. The van der Waals surface area contributed by atoms with Gasteiger partial charge >= 0.3 is 0 Å². The van der Waals surface area contributed by atoms with E-state index in [1.165, 1.54) is 24.5 Å². The van der Waals surface area contributed by atoms with Crippen LogP contribution >= 0.6 is 0 Å². The number of likely N-dealkylation sites (tertiary alicyclic amines) is 1. The lowest BCUT2D eigenvalue weighted by Gasteiger charge is -2.25. The Morgan fingerprint density at radius 2 is 2.16 bits per heavy atom. The summed E-state index contributed by atoms with van der Waals surface area (Å²) >= 11 is 0. The minimum Gasteiger partial charge on any atom is -0.296 e. The second-order valence-corrected chi connectivity index (χ2v) is 6.29. The van der Waals surface area contributed by atoms with Crippen molar-refractivity contribution in [1.82, 2.24) is 20.2 Å². The summed E-state index contributed by atoms with van der Waals surface area (Å²) in [5, 5.41) is 12.8. The Hall–Kier alpha value is -2.44. The minimum atomic E-state index is -0.525. The molecule has 1 aromatic heterocycles. The van der Waals surface area contributed by atoms with Gasteiger partial charge in [0.1, 0.15) is 0 Å². The highest BCUT2D eigenvalue weighted by Crippen LogP contribution is 2.32. The summed E-state index contributed by atoms with van der Waals surface area (Å²) in [6.07, 6.45) is 10.3. The maximum atomic E-state index is 11.0. The number of hydrogen-bond acceptors (Lipinski definition) is 4. The SMILES string of the molecule is O=C(C=Cc1ccc([C@@H]2CCCN2CCCn2cccn2)cc1)NO. The third-order valence-corrected chi connectivity index (χ3v) is 4.61. The maximum Gasteiger partial charge on any atom is 0.267 e. The first-order valence-electron chi connectivity index (χ1n) is 8.70. The van der Waals surface area contributed by atoms with Gasteiger partial charge in [-0.15, -0.1) is 0 Å². The van der Waals surface area contributed by atoms with E-state index in [9.17, 15) is 4.79 Å². The predicted octanol–water partition coefficient (Wildman–Crippen LogP) is 2.63. The van der Waals surface area contributed by atoms with Crippen molar-refractivity contribution in [3.63, 3.8) is 0 Å². The van der Waals surface area contributed by atoms with Gasteiger partial charge in [0.25, 0.3) is 5.91 Å². The molecule has 3 rings (SSSR count). The van der Waals surface area contributed by atoms with Crippen LogP contribution in [0.15, 0.2) is 48.8 Å². The summed E-state index contributed by atoms with van der Waals surface area (Å²) in [6, 6.07) is 10.7. The largest absolute Gasteiger partial charge is 0.296 e. The zero-order valence-corrected chi connectivity index (χ0v) is 14.2. The molecule has 1 atom stereocenters. The van der Waals surface area contributed by atoms with Gasteiger partial charge in [-0.2, -0.15) is 5.10 Å². The van der Waals surface area contributed by atoms with Crippen molar-refractivity contribution in [2.75, 3.05) is 13.1 Å². The summed E-state index contributed by atoms with van der Waals surface area (Å²) < 4.78 is 1.98. The average molecular weight is 340 g/mol. The molecule has 1 aliphatic rings. The Balaban J connectivity index is 1.56. The first kappa shape index (κ1) is 17.4. The van der Waals surface area contributed by atoms with Crippen molar-refractivity contribution >= 4 is 12.0 Å². The molecule has 2 N–H and O–H groups in total. The fourth-order valence-corrected chi connectivity index (χ4v) is 3.38. The van der Waals surface area contributed by atoms with Gasteiger partial charge in [0, 0.05) is 37.6 Å². The highest BCUT2D eigenvalue weighted by Gasteiger charge is 2.25. The number of aryl methyl sites for hydroxylation is 1. The number of carbonyl (C=O) groups excluding carboxylic acids is 1. The summed E-state index contributed by atoms with van der Waals surface area (Å²) in [4.78, 5) is 13.6. The Bertz CT molecular complexity index is 695. The maximum absolute atomic E-state index is 11.0. The second-order valence-electron chi connectivity index (χ2n) is 6.29. The highest BCUT2D eigenvalue weighted by atomic mass is 16.5. The van der Waals surface area contributed by atoms with Crippen molar-refractivity contribution in [3.8, 4) is 0 Å². The summed E-state index contributed by atoms with van der Waals surface area (Å²) in [7, 11) is 0. The van der Waals surface area contributed by atoms with Gasteiger partial charge < -0.3 is 0 Å². The molecule has 132 valence electrons. The first-order chi connectivity index (χ1) is 12.3. The number of benzene rings is 1. The van der Waals surface area contributed by atoms with E-state index in [0.29, 0.717) is 6.04 Å². The molecule has 1 saturated heterocycles. The third-order valence-electron chi connectivity index (χ3n) is 4.61. The van der Waals surface area contributed by atoms with E-state index in [1.807, 2.05) is 35.3 Å². The van der Waals surface area contributed by atoms with Crippen LogP contribution in [0.3, 0.4) is 0 Å². The molecule has 2 aromatic rings. The zero-order valence-electron chi connectivity index (χ0n) is 14.2. The van der Waals surface area contributed by atoms with Crippen molar-refractivity contribution in [2.24, 2.45) is 0 Å². The number of nitrogens with zero attached hydrogens (tertiary/aromatic N) is 3. The van der Waals surface area contributed by atoms with Gasteiger partial charge in [-0.25, -0.2) is 5.48 Å². The number of carbonyl (C=O) groups is 1. The molecule has 0 saturated carbocycles. The molecule has 1 amide bonds. The fraction of sp³-hybridized carbons (Fsp3) is 0.368. The smallest absolute Gasteiger partial charge is 0.267 e. The van der Waals surface area contributed by atoms with Crippen molar-refractivity contribution in [3.05, 3.63) is 59.9 Å². The van der Waals surface area contributed by atoms with Crippen LogP contribution < -0.4 is 5.48 Å². The van der Waals surface area contributed by atoms with Crippen LogP contribution in [0.25, 0.3) is 6.08 Å². The van der Waals surface area contributed by atoms with Crippen LogP contribution in [0, 0.1) is 0 Å². The Kier molecular flexibility index (Phi) is 5.98. The summed E-state index contributed by atoms with van der Waals surface area (Å²) in [5.41, 5.74) is 3.85. The Morgan fingerprint density at radius 1 is 1.32 bits per heavy atom. The van der Waals surface area contributed by atoms with Gasteiger partial charge in [0.2, 0.25) is 0 Å². The van der Waals surface area contributed by atoms with Crippen LogP contribution in [-0.2, 0) is 11.3 Å². The summed E-state index contributed by atoms with van der Waals surface area (Å²) in [6.45, 7) is 3.16. The molecule has 1 aliphatic heterocycles. The van der Waals surface area contributed by atoms with Crippen LogP contribution in [0.4, 0.5) is 0 Å². The lowest BCUT2D eigenvalue weighted by atomic mass is 10.0. The van der Waals surface area contributed by atoms with Crippen molar-refractivity contribution in [2.45, 2.75) is 31.8 Å². The van der Waals surface area contributed by atoms with Crippen molar-refractivity contribution in [1.29, 1.82) is 0 Å². The van der Waals surface area contributed by atoms with Gasteiger partial charge in [0.05, 0.1) is 0 Å². The fourth-order valence-electron chi connectivity index (χ4n) is 3.38. The number of amides is 1. The molecule has 2 heterocycles. The first-order valence-corrected chi connectivity index (χ1v) is 8.70. The van der Waals surface area contributed by atoms with Crippen LogP contribution in [0.1, 0.15) is 36.4 Å². The Labute approximate surface area is 147 Å². The van der Waals surface area contributed by atoms with E-state index in [4.69, 9.17) is 5.21 Å². The molecule has 1 aromatic carbocycles. The minimum absolute atomic E-state index is 0.469. The molecule has 6 nitrogen and oxygen atoms in total. The number of nitrogens with one attached hydrogen (secondary N) is 1. The van der Waals surface area contributed by atoms with Gasteiger partial charge in [-0.1, -0.05) is 24.3 Å². The normalized spacial score (nSPS) is 18.0. The Morgan fingerprint density at radius 3 is 2.88 bits per heavy atom. The van der Waals surface area contributed by atoms with E-state index in [2.05, 4.69) is 22.1 Å². The highest BCUT2D eigenvalue weighted by molar-refractivity contribution is 5.90. The second kappa shape index (κ2) is 8.60. The molecular formula is C19H24N4O2. The predicted molar refractivity (Wildman–Crippen MR) is 95.8 cm³/mol. The molecule has 0 aliphatic carbocycles. The van der Waals surface area contributed by atoms with E-state index < -0.39 is 5.91 Å². The zero-order chi connectivity index (χ0) is 17.5. The number of rotatable bonds is 7. The molecule has 0 bridgehead atoms. The van der Waals surface area contributed by atoms with Gasteiger partial charge in [-0.3, -0.25) is 19.6 Å². The van der Waals surface area contributed by atoms with Gasteiger partial charge in [-0.05, 0) is 49.1 Å². The number of aromatic nitrogens is 2. The molecule has 6 heteroatoms. The number of hydroxylamine groups is 1. The van der Waals surface area contributed by atoms with Gasteiger partial charge in [0.15, 0.2) is 0 Å². The summed E-state index contributed by atoms with van der Waals surface area (Å²) in [5.74, 6) is -0.525. The van der Waals surface area contributed by atoms with Crippen LogP contribution in [0.2, 0.25) is 0 Å². The number of hydrogen-bond donors (Lipinski definition) is 2. The van der Waals surface area contributed by atoms with E-state index in [-0.39, 0.29) is 0 Å². The molecule has 0 radical (unpaired) electrons. The molecule has 25 heavy (non-hydrogen) atoms. The van der Waals surface area contributed by atoms with Crippen LogP contribution in [0.5, 0.6) is 0 Å². The standard InChI is InChI=1S/C19H24N4O2/c24-19(21-25)10-7-16-5-8-17(9-6-16)18-4-1-12-22(18)13-3-15-23-14-2-11-20-23/h2,5-11,14,18,25H,1,3-4,12-13,15H2,(H,21,24)/t18-/m0/s1. The lowest BCUT2D eigenvalue weighted by molar-refractivity contribution is -0.124. The molecule has 0 spiro atoms. The van der Waals surface area contributed by atoms with Crippen LogP contribution in [-0.4, -0.2) is 38.9 Å². The molecular weight excluding hydrogens is 316 g/mol.